The van der Waals surface area contributed by atoms with Crippen molar-refractivity contribution in [3.8, 4) is 0 Å². The molecule has 138 valence electrons. The van der Waals surface area contributed by atoms with Crippen LogP contribution >= 0.6 is 0 Å². The van der Waals surface area contributed by atoms with Crippen molar-refractivity contribution in [3.63, 3.8) is 0 Å². The Morgan fingerprint density at radius 2 is 1.54 bits per heavy atom. The van der Waals surface area contributed by atoms with Crippen LogP contribution in [0.5, 0.6) is 0 Å². The van der Waals surface area contributed by atoms with Crippen molar-refractivity contribution in [1.82, 2.24) is 4.90 Å². The summed E-state index contributed by atoms with van der Waals surface area (Å²) in [5, 5.41) is 0. The Bertz CT molecular complexity index is 804. The fourth-order valence-corrected chi connectivity index (χ4v) is 3.88. The van der Waals surface area contributed by atoms with Gasteiger partial charge in [-0.1, -0.05) is 18.2 Å². The fraction of sp³-hybridized carbons (Fsp3) is 0.435. The Morgan fingerprint density at radius 3 is 2.15 bits per heavy atom. The number of carbonyl (C=O) groups excluding carboxylic acids is 1. The average molecular weight is 351 g/mol. The maximum absolute atomic E-state index is 11.1. The van der Waals surface area contributed by atoms with E-state index < -0.39 is 0 Å². The van der Waals surface area contributed by atoms with E-state index in [1.54, 1.807) is 0 Å². The lowest BCUT2D eigenvalue weighted by Gasteiger charge is -2.40. The summed E-state index contributed by atoms with van der Waals surface area (Å²) in [6.45, 7) is 15.0. The van der Waals surface area contributed by atoms with Crippen LogP contribution in [-0.2, 0) is 0 Å². The van der Waals surface area contributed by atoms with Crippen molar-refractivity contribution in [2.24, 2.45) is 0 Å². The second kappa shape index (κ2) is 7.63. The standard InChI is InChI=1S/C23H30N2O/c1-16-6-7-21(12-17(16)2)20(5)24-8-10-25(11-9-24)23-14-18(3)22(15-26)13-19(23)4/h6-7,12-15,20H,8-11H2,1-5H3. The number of benzene rings is 2. The van der Waals surface area contributed by atoms with Crippen LogP contribution in [0, 0.1) is 27.7 Å². The van der Waals surface area contributed by atoms with Gasteiger partial charge in [-0.25, -0.2) is 0 Å². The number of hydrogen-bond acceptors (Lipinski definition) is 3. The van der Waals surface area contributed by atoms with Gasteiger partial charge in [0.1, 0.15) is 6.29 Å². The van der Waals surface area contributed by atoms with Gasteiger partial charge in [-0.05, 0) is 74.6 Å². The quantitative estimate of drug-likeness (QED) is 0.752. The minimum atomic E-state index is 0.441. The van der Waals surface area contributed by atoms with Crippen molar-refractivity contribution in [3.05, 3.63) is 63.7 Å². The monoisotopic (exact) mass is 350 g/mol. The van der Waals surface area contributed by atoms with Gasteiger partial charge in [0, 0.05) is 43.5 Å². The Balaban J connectivity index is 1.70. The molecule has 0 aliphatic carbocycles. The molecule has 0 aromatic heterocycles. The minimum Gasteiger partial charge on any atom is -0.369 e. The highest BCUT2D eigenvalue weighted by Crippen LogP contribution is 2.28. The van der Waals surface area contributed by atoms with E-state index >= 15 is 0 Å². The van der Waals surface area contributed by atoms with Gasteiger partial charge in [0.2, 0.25) is 0 Å². The SMILES string of the molecule is Cc1ccc(C(C)N2CCN(c3cc(C)c(C=O)cc3C)CC2)cc1C. The second-order valence-corrected chi connectivity index (χ2v) is 7.66. The highest BCUT2D eigenvalue weighted by atomic mass is 16.1. The lowest BCUT2D eigenvalue weighted by molar-refractivity contribution is 0.112. The molecule has 3 heteroatoms. The van der Waals surface area contributed by atoms with E-state index in [2.05, 4.69) is 61.8 Å². The van der Waals surface area contributed by atoms with Gasteiger partial charge in [-0.2, -0.15) is 0 Å². The summed E-state index contributed by atoms with van der Waals surface area (Å²) in [6.07, 6.45) is 0.954. The summed E-state index contributed by atoms with van der Waals surface area (Å²) >= 11 is 0. The predicted octanol–water partition coefficient (Wildman–Crippen LogP) is 4.62. The molecule has 1 fully saturated rings. The molecule has 3 nitrogen and oxygen atoms in total. The third-order valence-corrected chi connectivity index (χ3v) is 5.93. The van der Waals surface area contributed by atoms with Crippen LogP contribution in [0.2, 0.25) is 0 Å². The topological polar surface area (TPSA) is 23.6 Å². The zero-order valence-corrected chi connectivity index (χ0v) is 16.7. The Hall–Kier alpha value is -2.13. The summed E-state index contributed by atoms with van der Waals surface area (Å²) in [5.41, 5.74) is 8.45. The average Bonchev–Trinajstić information content (AvgIpc) is 2.65. The lowest BCUT2D eigenvalue weighted by atomic mass is 10.00. The van der Waals surface area contributed by atoms with E-state index in [1.807, 2.05) is 13.0 Å². The van der Waals surface area contributed by atoms with E-state index in [0.717, 1.165) is 43.6 Å². The van der Waals surface area contributed by atoms with E-state index in [4.69, 9.17) is 0 Å². The highest BCUT2D eigenvalue weighted by Gasteiger charge is 2.23. The number of aldehydes is 1. The Morgan fingerprint density at radius 1 is 0.846 bits per heavy atom. The Labute approximate surface area is 157 Å². The number of hydrogen-bond donors (Lipinski definition) is 0. The van der Waals surface area contributed by atoms with Crippen molar-refractivity contribution in [1.29, 1.82) is 0 Å². The smallest absolute Gasteiger partial charge is 0.150 e. The first kappa shape index (κ1) is 18.7. The van der Waals surface area contributed by atoms with Gasteiger partial charge < -0.3 is 4.90 Å². The predicted molar refractivity (Wildman–Crippen MR) is 109 cm³/mol. The maximum Gasteiger partial charge on any atom is 0.150 e. The summed E-state index contributed by atoms with van der Waals surface area (Å²) in [5.74, 6) is 0. The van der Waals surface area contributed by atoms with Crippen molar-refractivity contribution >= 4 is 12.0 Å². The van der Waals surface area contributed by atoms with Gasteiger partial charge in [-0.15, -0.1) is 0 Å². The van der Waals surface area contributed by atoms with Gasteiger partial charge in [-0.3, -0.25) is 9.69 Å². The molecule has 0 saturated carbocycles. The van der Waals surface area contributed by atoms with Gasteiger partial charge in [0.15, 0.2) is 0 Å². The molecule has 0 N–H and O–H groups in total. The minimum absolute atomic E-state index is 0.441. The van der Waals surface area contributed by atoms with Crippen molar-refractivity contribution in [2.75, 3.05) is 31.1 Å². The molecule has 1 saturated heterocycles. The Kier molecular flexibility index (Phi) is 5.47. The molecule has 0 radical (unpaired) electrons. The first-order valence-corrected chi connectivity index (χ1v) is 9.53. The highest BCUT2D eigenvalue weighted by molar-refractivity contribution is 5.79. The molecule has 3 rings (SSSR count). The molecule has 0 bridgehead atoms. The van der Waals surface area contributed by atoms with E-state index in [-0.39, 0.29) is 0 Å². The molecule has 2 aromatic rings. The van der Waals surface area contributed by atoms with E-state index in [0.29, 0.717) is 6.04 Å². The summed E-state index contributed by atoms with van der Waals surface area (Å²) in [4.78, 5) is 16.2. The molecule has 2 aromatic carbocycles. The number of carbonyl (C=O) groups is 1. The maximum atomic E-state index is 11.1. The molecule has 0 spiro atoms. The third kappa shape index (κ3) is 3.68. The van der Waals surface area contributed by atoms with Gasteiger partial charge in [0.25, 0.3) is 0 Å². The molecular weight excluding hydrogens is 320 g/mol. The first-order valence-electron chi connectivity index (χ1n) is 9.53. The van der Waals surface area contributed by atoms with Crippen LogP contribution in [0.4, 0.5) is 5.69 Å². The molecule has 1 aliphatic rings. The molecule has 0 amide bonds. The molecule has 1 unspecified atom stereocenters. The third-order valence-electron chi connectivity index (χ3n) is 5.93. The number of piperazine rings is 1. The van der Waals surface area contributed by atoms with Crippen LogP contribution in [0.25, 0.3) is 0 Å². The number of aryl methyl sites for hydroxylation is 4. The molecular formula is C23H30N2O. The second-order valence-electron chi connectivity index (χ2n) is 7.66. The zero-order chi connectivity index (χ0) is 18.8. The van der Waals surface area contributed by atoms with Gasteiger partial charge >= 0.3 is 0 Å². The van der Waals surface area contributed by atoms with Crippen LogP contribution in [0.1, 0.15) is 51.1 Å². The first-order chi connectivity index (χ1) is 12.4. The van der Waals surface area contributed by atoms with Crippen LogP contribution in [0.3, 0.4) is 0 Å². The molecule has 1 heterocycles. The molecule has 26 heavy (non-hydrogen) atoms. The van der Waals surface area contributed by atoms with Gasteiger partial charge in [0.05, 0.1) is 0 Å². The largest absolute Gasteiger partial charge is 0.369 e. The van der Waals surface area contributed by atoms with E-state index in [9.17, 15) is 4.79 Å². The van der Waals surface area contributed by atoms with Crippen LogP contribution in [0.15, 0.2) is 30.3 Å². The van der Waals surface area contributed by atoms with Crippen LogP contribution in [-0.4, -0.2) is 37.4 Å². The molecule has 1 atom stereocenters. The number of nitrogens with zero attached hydrogens (tertiary/aromatic N) is 2. The zero-order valence-electron chi connectivity index (χ0n) is 16.7. The lowest BCUT2D eigenvalue weighted by Crippen LogP contribution is -2.47. The number of rotatable bonds is 4. The van der Waals surface area contributed by atoms with Crippen molar-refractivity contribution in [2.45, 2.75) is 40.7 Å². The summed E-state index contributed by atoms with van der Waals surface area (Å²) in [6, 6.07) is 11.5. The number of anilines is 1. The van der Waals surface area contributed by atoms with E-state index in [1.165, 1.54) is 27.9 Å². The fourth-order valence-electron chi connectivity index (χ4n) is 3.88. The van der Waals surface area contributed by atoms with Crippen molar-refractivity contribution < 1.29 is 4.79 Å². The molecule has 1 aliphatic heterocycles. The summed E-state index contributed by atoms with van der Waals surface area (Å²) in [7, 11) is 0. The summed E-state index contributed by atoms with van der Waals surface area (Å²) < 4.78 is 0. The normalized spacial score (nSPS) is 16.6. The van der Waals surface area contributed by atoms with Crippen LogP contribution < -0.4 is 4.90 Å².